The zero-order chi connectivity index (χ0) is 17.6. The van der Waals surface area contributed by atoms with Crippen molar-refractivity contribution in [2.75, 3.05) is 37.6 Å². The number of aromatic nitrogens is 1. The summed E-state index contributed by atoms with van der Waals surface area (Å²) in [6.07, 6.45) is 1.75. The highest BCUT2D eigenvalue weighted by Crippen LogP contribution is 2.20. The van der Waals surface area contributed by atoms with Crippen LogP contribution in [0.25, 0.3) is 0 Å². The number of piperazine rings is 1. The molecule has 0 atom stereocenters. The van der Waals surface area contributed by atoms with Gasteiger partial charge in [-0.05, 0) is 24.6 Å². The molecule has 1 aliphatic heterocycles. The predicted octanol–water partition coefficient (Wildman–Crippen LogP) is 3.43. The zero-order valence-electron chi connectivity index (χ0n) is 14.4. The third kappa shape index (κ3) is 4.86. The van der Waals surface area contributed by atoms with Crippen LogP contribution in [-0.2, 0) is 12.8 Å². The van der Waals surface area contributed by atoms with Crippen molar-refractivity contribution in [2.45, 2.75) is 19.8 Å². The van der Waals surface area contributed by atoms with E-state index in [-0.39, 0.29) is 6.03 Å². The normalized spacial score (nSPS) is 14.6. The number of thiazole rings is 1. The number of rotatable bonds is 5. The first kappa shape index (κ1) is 18.0. The van der Waals surface area contributed by atoms with E-state index in [0.29, 0.717) is 6.54 Å². The summed E-state index contributed by atoms with van der Waals surface area (Å²) in [4.78, 5) is 21.0. The Morgan fingerprint density at radius 3 is 2.80 bits per heavy atom. The molecule has 0 radical (unpaired) electrons. The number of nitrogens with zero attached hydrogens (tertiary/aromatic N) is 3. The molecule has 25 heavy (non-hydrogen) atoms. The number of benzene rings is 1. The number of urea groups is 1. The first-order valence-electron chi connectivity index (χ1n) is 8.62. The van der Waals surface area contributed by atoms with E-state index >= 15 is 0 Å². The molecule has 7 heteroatoms. The molecule has 1 aromatic carbocycles. The van der Waals surface area contributed by atoms with E-state index in [1.165, 1.54) is 0 Å². The lowest BCUT2D eigenvalue weighted by atomic mass is 10.2. The van der Waals surface area contributed by atoms with Crippen molar-refractivity contribution in [1.29, 1.82) is 0 Å². The first-order chi connectivity index (χ1) is 12.2. The molecular formula is C18H23ClN4OS. The van der Waals surface area contributed by atoms with Gasteiger partial charge in [0.2, 0.25) is 0 Å². The lowest BCUT2D eigenvalue weighted by molar-refractivity contribution is 0.194. The van der Waals surface area contributed by atoms with Gasteiger partial charge in [0, 0.05) is 55.2 Å². The molecule has 0 bridgehead atoms. The smallest absolute Gasteiger partial charge is 0.317 e. The highest BCUT2D eigenvalue weighted by molar-refractivity contribution is 7.09. The minimum Gasteiger partial charge on any atom is -0.368 e. The number of carbonyl (C=O) groups excluding carboxylic acids is 1. The second kappa shape index (κ2) is 8.54. The molecule has 1 saturated heterocycles. The SMILES string of the molecule is CCc1nc(CCNC(=O)N2CCN(c3cccc(Cl)c3)CC2)cs1. The molecule has 5 nitrogen and oxygen atoms in total. The second-order valence-electron chi connectivity index (χ2n) is 6.02. The summed E-state index contributed by atoms with van der Waals surface area (Å²) in [7, 11) is 0. The highest BCUT2D eigenvalue weighted by Gasteiger charge is 2.21. The van der Waals surface area contributed by atoms with E-state index in [1.54, 1.807) is 11.3 Å². The first-order valence-corrected chi connectivity index (χ1v) is 9.88. The van der Waals surface area contributed by atoms with Gasteiger partial charge >= 0.3 is 6.03 Å². The molecule has 1 fully saturated rings. The third-order valence-electron chi connectivity index (χ3n) is 4.30. The Morgan fingerprint density at radius 1 is 1.32 bits per heavy atom. The van der Waals surface area contributed by atoms with E-state index in [9.17, 15) is 4.79 Å². The van der Waals surface area contributed by atoms with Crippen LogP contribution in [0.15, 0.2) is 29.6 Å². The van der Waals surface area contributed by atoms with Crippen LogP contribution in [0.2, 0.25) is 5.02 Å². The molecule has 2 amide bonds. The number of carbonyl (C=O) groups is 1. The van der Waals surface area contributed by atoms with Crippen molar-refractivity contribution in [3.63, 3.8) is 0 Å². The summed E-state index contributed by atoms with van der Waals surface area (Å²) in [5.74, 6) is 0. The molecular weight excluding hydrogens is 356 g/mol. The van der Waals surface area contributed by atoms with Crippen molar-refractivity contribution in [1.82, 2.24) is 15.2 Å². The Hall–Kier alpha value is -1.79. The van der Waals surface area contributed by atoms with Gasteiger partial charge in [0.25, 0.3) is 0 Å². The molecule has 1 aliphatic rings. The molecule has 1 N–H and O–H groups in total. The van der Waals surface area contributed by atoms with Gasteiger partial charge in [0.05, 0.1) is 10.7 Å². The van der Waals surface area contributed by atoms with Gasteiger partial charge in [-0.3, -0.25) is 0 Å². The number of hydrogen-bond donors (Lipinski definition) is 1. The van der Waals surface area contributed by atoms with Crippen LogP contribution in [0.5, 0.6) is 0 Å². The molecule has 2 heterocycles. The molecule has 3 rings (SSSR count). The predicted molar refractivity (Wildman–Crippen MR) is 104 cm³/mol. The van der Waals surface area contributed by atoms with Crippen LogP contribution in [0.3, 0.4) is 0 Å². The number of amides is 2. The van der Waals surface area contributed by atoms with Crippen LogP contribution in [-0.4, -0.2) is 48.6 Å². The summed E-state index contributed by atoms with van der Waals surface area (Å²) in [6, 6.07) is 7.87. The van der Waals surface area contributed by atoms with Gasteiger partial charge in [-0.25, -0.2) is 9.78 Å². The number of anilines is 1. The van der Waals surface area contributed by atoms with E-state index in [2.05, 4.69) is 33.6 Å². The number of hydrogen-bond acceptors (Lipinski definition) is 4. The van der Waals surface area contributed by atoms with Crippen molar-refractivity contribution in [3.05, 3.63) is 45.4 Å². The molecule has 0 saturated carbocycles. The Labute approximate surface area is 157 Å². The Balaban J connectivity index is 1.42. The van der Waals surface area contributed by atoms with Crippen LogP contribution in [0.4, 0.5) is 10.5 Å². The largest absolute Gasteiger partial charge is 0.368 e. The van der Waals surface area contributed by atoms with Crippen LogP contribution < -0.4 is 10.2 Å². The third-order valence-corrected chi connectivity index (χ3v) is 5.58. The van der Waals surface area contributed by atoms with Gasteiger partial charge in [0.1, 0.15) is 0 Å². The number of aryl methyl sites for hydroxylation is 1. The van der Waals surface area contributed by atoms with Crippen LogP contribution in [0, 0.1) is 0 Å². The average molecular weight is 379 g/mol. The molecule has 2 aromatic rings. The van der Waals surface area contributed by atoms with E-state index < -0.39 is 0 Å². The molecule has 134 valence electrons. The summed E-state index contributed by atoms with van der Waals surface area (Å²) < 4.78 is 0. The minimum absolute atomic E-state index is 0.0108. The standard InChI is InChI=1S/C18H23ClN4OS/c1-2-17-21-15(13-25-17)6-7-20-18(24)23-10-8-22(9-11-23)16-5-3-4-14(19)12-16/h3-5,12-13H,2,6-11H2,1H3,(H,20,24). The maximum atomic E-state index is 12.3. The second-order valence-corrected chi connectivity index (χ2v) is 7.40. The van der Waals surface area contributed by atoms with E-state index in [0.717, 1.165) is 60.4 Å². The van der Waals surface area contributed by atoms with Crippen LogP contribution in [0.1, 0.15) is 17.6 Å². The summed E-state index contributed by atoms with van der Waals surface area (Å²) in [6.45, 7) is 5.80. The van der Waals surface area contributed by atoms with Crippen LogP contribution >= 0.6 is 22.9 Å². The Kier molecular flexibility index (Phi) is 6.15. The molecule has 0 unspecified atom stereocenters. The fraction of sp³-hybridized carbons (Fsp3) is 0.444. The monoisotopic (exact) mass is 378 g/mol. The quantitative estimate of drug-likeness (QED) is 0.867. The number of halogens is 1. The summed E-state index contributed by atoms with van der Waals surface area (Å²) in [5.41, 5.74) is 2.18. The Morgan fingerprint density at radius 2 is 2.12 bits per heavy atom. The molecule has 0 aliphatic carbocycles. The maximum Gasteiger partial charge on any atom is 0.317 e. The molecule has 1 aromatic heterocycles. The Bertz CT molecular complexity index is 713. The van der Waals surface area contributed by atoms with Crippen molar-refractivity contribution < 1.29 is 4.79 Å². The zero-order valence-corrected chi connectivity index (χ0v) is 15.9. The van der Waals surface area contributed by atoms with E-state index in [4.69, 9.17) is 11.6 Å². The van der Waals surface area contributed by atoms with Crippen molar-refractivity contribution in [2.24, 2.45) is 0 Å². The maximum absolute atomic E-state index is 12.3. The average Bonchev–Trinajstić information content (AvgIpc) is 3.10. The highest BCUT2D eigenvalue weighted by atomic mass is 35.5. The van der Waals surface area contributed by atoms with Gasteiger partial charge in [-0.2, -0.15) is 0 Å². The number of nitrogens with one attached hydrogen (secondary N) is 1. The minimum atomic E-state index is 0.0108. The summed E-state index contributed by atoms with van der Waals surface area (Å²) >= 11 is 7.74. The summed E-state index contributed by atoms with van der Waals surface area (Å²) in [5, 5.41) is 6.97. The lowest BCUT2D eigenvalue weighted by Gasteiger charge is -2.36. The van der Waals surface area contributed by atoms with Crippen molar-refractivity contribution >= 4 is 34.7 Å². The fourth-order valence-electron chi connectivity index (χ4n) is 2.88. The van der Waals surface area contributed by atoms with Gasteiger partial charge in [-0.15, -0.1) is 11.3 Å². The van der Waals surface area contributed by atoms with Crippen molar-refractivity contribution in [3.8, 4) is 0 Å². The lowest BCUT2D eigenvalue weighted by Crippen LogP contribution is -2.52. The van der Waals surface area contributed by atoms with E-state index in [1.807, 2.05) is 23.1 Å². The molecule has 0 spiro atoms. The van der Waals surface area contributed by atoms with Gasteiger partial charge in [0.15, 0.2) is 0 Å². The topological polar surface area (TPSA) is 48.5 Å². The van der Waals surface area contributed by atoms with Gasteiger partial charge < -0.3 is 15.1 Å². The van der Waals surface area contributed by atoms with Gasteiger partial charge in [-0.1, -0.05) is 24.6 Å². The fourth-order valence-corrected chi connectivity index (χ4v) is 3.84.